The van der Waals surface area contributed by atoms with Crippen LogP contribution in [0, 0.1) is 0 Å². The van der Waals surface area contributed by atoms with Gasteiger partial charge in [-0.15, -0.1) is 22.7 Å². The molecule has 0 fully saturated rings. The molecule has 0 bridgehead atoms. The highest BCUT2D eigenvalue weighted by Gasteiger charge is 2.30. The Morgan fingerprint density at radius 3 is 2.43 bits per heavy atom. The number of carbonyl (C=O) groups is 1. The van der Waals surface area contributed by atoms with Gasteiger partial charge in [-0.25, -0.2) is 9.79 Å². The molecule has 2 heterocycles. The third-order valence-electron chi connectivity index (χ3n) is 5.44. The Hall–Kier alpha value is -3.33. The second kappa shape index (κ2) is 11.8. The van der Waals surface area contributed by atoms with Gasteiger partial charge < -0.3 is 10.5 Å². The summed E-state index contributed by atoms with van der Waals surface area (Å²) in [4.78, 5) is 20.3. The van der Waals surface area contributed by atoms with Crippen molar-refractivity contribution in [3.05, 3.63) is 111 Å². The van der Waals surface area contributed by atoms with Crippen molar-refractivity contribution in [1.29, 1.82) is 0 Å². The number of thiophene rings is 2. The molecule has 4 aromatic rings. The second-order valence-corrected chi connectivity index (χ2v) is 10.5. The van der Waals surface area contributed by atoms with Gasteiger partial charge in [0.2, 0.25) is 0 Å². The van der Waals surface area contributed by atoms with E-state index in [9.17, 15) is 13.6 Å². The number of hydrogen-bond donors (Lipinski definition) is 1. The first kappa shape index (κ1) is 26.7. The zero-order chi connectivity index (χ0) is 26.4. The molecular weight excluding hydrogens is 534 g/mol. The van der Waals surface area contributed by atoms with Crippen LogP contribution in [0.3, 0.4) is 0 Å². The lowest BCUT2D eigenvalue weighted by molar-refractivity contribution is 0.0361. The minimum atomic E-state index is -3.18. The van der Waals surface area contributed by atoms with Crippen LogP contribution in [0.1, 0.15) is 34.1 Å². The molecule has 2 aromatic carbocycles. The van der Waals surface area contributed by atoms with Crippen LogP contribution in [-0.4, -0.2) is 17.6 Å². The van der Waals surface area contributed by atoms with E-state index in [1.807, 2.05) is 29.6 Å². The standard InChI is InChI=1S/C28H23ClF2N2O2S2/c1-2-28(30,31)26(32)16-23(33-22-7-4-3-6-21(22)29)18-9-11-19(12-10-18)27(34)35-17-20-13-14-25(37-20)24-8-5-15-36-24/h3-16H,2,17,32H2,1H3. The van der Waals surface area contributed by atoms with Gasteiger partial charge in [0, 0.05) is 26.6 Å². The summed E-state index contributed by atoms with van der Waals surface area (Å²) >= 11 is 9.45. The van der Waals surface area contributed by atoms with Crippen LogP contribution in [0.15, 0.2) is 94.9 Å². The molecule has 9 heteroatoms. The highest BCUT2D eigenvalue weighted by Crippen LogP contribution is 2.32. The average Bonchev–Trinajstić information content (AvgIpc) is 3.60. The Bertz CT molecular complexity index is 1430. The van der Waals surface area contributed by atoms with E-state index in [2.05, 4.69) is 4.99 Å². The third-order valence-corrected chi connectivity index (χ3v) is 7.88. The fourth-order valence-electron chi connectivity index (χ4n) is 3.31. The van der Waals surface area contributed by atoms with Gasteiger partial charge in [0.05, 0.1) is 27.7 Å². The highest BCUT2D eigenvalue weighted by atomic mass is 35.5. The largest absolute Gasteiger partial charge is 0.456 e. The summed E-state index contributed by atoms with van der Waals surface area (Å²) in [6, 6.07) is 21.2. The maximum absolute atomic E-state index is 14.2. The quantitative estimate of drug-likeness (QED) is 0.166. The number of para-hydroxylation sites is 1. The van der Waals surface area contributed by atoms with E-state index in [0.29, 0.717) is 21.8 Å². The number of hydrogen-bond acceptors (Lipinski definition) is 6. The summed E-state index contributed by atoms with van der Waals surface area (Å²) in [5, 5.41) is 2.38. The van der Waals surface area contributed by atoms with Crippen molar-refractivity contribution in [2.24, 2.45) is 10.7 Å². The SMILES string of the molecule is CCC(F)(F)C(N)=CC(=Nc1ccccc1Cl)c1ccc(C(=O)OCc2ccc(-c3cccs3)s2)cc1. The highest BCUT2D eigenvalue weighted by molar-refractivity contribution is 7.21. The van der Waals surface area contributed by atoms with Gasteiger partial charge in [0.15, 0.2) is 0 Å². The maximum Gasteiger partial charge on any atom is 0.338 e. The molecule has 2 N–H and O–H groups in total. The topological polar surface area (TPSA) is 64.7 Å². The number of carbonyl (C=O) groups excluding carboxylic acids is 1. The first-order chi connectivity index (χ1) is 17.8. The van der Waals surface area contributed by atoms with E-state index in [0.717, 1.165) is 15.8 Å². The van der Waals surface area contributed by atoms with Crippen molar-refractivity contribution in [2.45, 2.75) is 25.9 Å². The smallest absolute Gasteiger partial charge is 0.338 e. The zero-order valence-corrected chi connectivity index (χ0v) is 22.2. The van der Waals surface area contributed by atoms with Gasteiger partial charge in [0.25, 0.3) is 5.92 Å². The molecule has 0 radical (unpaired) electrons. The summed E-state index contributed by atoms with van der Waals surface area (Å²) in [5.74, 6) is -3.68. The summed E-state index contributed by atoms with van der Waals surface area (Å²) < 4.78 is 33.8. The lowest BCUT2D eigenvalue weighted by Crippen LogP contribution is -2.25. The van der Waals surface area contributed by atoms with Crippen LogP contribution in [-0.2, 0) is 11.3 Å². The molecule has 0 spiro atoms. The molecule has 4 nitrogen and oxygen atoms in total. The Morgan fingerprint density at radius 2 is 1.76 bits per heavy atom. The lowest BCUT2D eigenvalue weighted by Gasteiger charge is -2.15. The van der Waals surface area contributed by atoms with Crippen molar-refractivity contribution in [1.82, 2.24) is 0 Å². The van der Waals surface area contributed by atoms with Crippen molar-refractivity contribution in [2.75, 3.05) is 0 Å². The Morgan fingerprint density at radius 1 is 1.03 bits per heavy atom. The predicted molar refractivity (Wildman–Crippen MR) is 148 cm³/mol. The summed E-state index contributed by atoms with van der Waals surface area (Å²) in [6.45, 7) is 1.51. The molecule has 190 valence electrons. The fraction of sp³-hybridized carbons (Fsp3) is 0.143. The molecule has 0 saturated heterocycles. The van der Waals surface area contributed by atoms with Gasteiger partial charge in [0.1, 0.15) is 6.61 Å². The molecule has 0 aliphatic carbocycles. The molecule has 4 rings (SSSR count). The molecular formula is C28H23ClF2N2O2S2. The second-order valence-electron chi connectivity index (χ2n) is 8.00. The number of nitrogens with zero attached hydrogens (tertiary/aromatic N) is 1. The summed E-state index contributed by atoms with van der Waals surface area (Å²) in [6.07, 6.45) is 0.695. The maximum atomic E-state index is 14.2. The van der Waals surface area contributed by atoms with E-state index >= 15 is 0 Å². The van der Waals surface area contributed by atoms with E-state index < -0.39 is 24.0 Å². The van der Waals surface area contributed by atoms with Crippen LogP contribution < -0.4 is 5.73 Å². The van der Waals surface area contributed by atoms with Gasteiger partial charge in [-0.3, -0.25) is 0 Å². The van der Waals surface area contributed by atoms with E-state index in [1.165, 1.54) is 11.8 Å². The molecule has 37 heavy (non-hydrogen) atoms. The number of nitrogens with two attached hydrogens (primary N) is 1. The molecule has 0 aliphatic rings. The number of halogens is 3. The summed E-state index contributed by atoms with van der Waals surface area (Å²) in [7, 11) is 0. The first-order valence-corrected chi connectivity index (χ1v) is 13.4. The number of alkyl halides is 2. The van der Waals surface area contributed by atoms with Crippen molar-refractivity contribution < 1.29 is 18.3 Å². The zero-order valence-electron chi connectivity index (χ0n) is 19.8. The molecule has 0 aliphatic heterocycles. The number of aliphatic imine (C=N–C) groups is 1. The van der Waals surface area contributed by atoms with Gasteiger partial charge in [-0.2, -0.15) is 8.78 Å². The van der Waals surface area contributed by atoms with Crippen molar-refractivity contribution in [3.63, 3.8) is 0 Å². The van der Waals surface area contributed by atoms with Crippen LogP contribution >= 0.6 is 34.3 Å². The number of allylic oxidation sites excluding steroid dienone is 2. The van der Waals surface area contributed by atoms with Gasteiger partial charge in [-0.1, -0.05) is 48.9 Å². The fourth-order valence-corrected chi connectivity index (χ4v) is 5.25. The lowest BCUT2D eigenvalue weighted by atomic mass is 10.0. The third kappa shape index (κ3) is 6.71. The van der Waals surface area contributed by atoms with Crippen LogP contribution in [0.2, 0.25) is 5.02 Å². The number of esters is 1. The Labute approximate surface area is 226 Å². The number of benzene rings is 2. The molecule has 0 amide bonds. The molecule has 0 unspecified atom stereocenters. The van der Waals surface area contributed by atoms with Crippen LogP contribution in [0.4, 0.5) is 14.5 Å². The van der Waals surface area contributed by atoms with Crippen molar-refractivity contribution in [3.8, 4) is 9.75 Å². The van der Waals surface area contributed by atoms with Gasteiger partial charge >= 0.3 is 5.97 Å². The number of ether oxygens (including phenoxy) is 1. The van der Waals surface area contributed by atoms with Crippen LogP contribution in [0.5, 0.6) is 0 Å². The van der Waals surface area contributed by atoms with Crippen molar-refractivity contribution >= 4 is 51.6 Å². The Balaban J connectivity index is 1.53. The molecule has 0 saturated carbocycles. The number of rotatable bonds is 9. The molecule has 0 atom stereocenters. The normalized spacial score (nSPS) is 12.5. The van der Waals surface area contributed by atoms with E-state index in [1.54, 1.807) is 71.2 Å². The van der Waals surface area contributed by atoms with Crippen LogP contribution in [0.25, 0.3) is 9.75 Å². The summed E-state index contributed by atoms with van der Waals surface area (Å²) in [5.41, 5.74) is 6.53. The molecule has 2 aromatic heterocycles. The minimum Gasteiger partial charge on any atom is -0.456 e. The predicted octanol–water partition coefficient (Wildman–Crippen LogP) is 8.50. The van der Waals surface area contributed by atoms with E-state index in [-0.39, 0.29) is 12.3 Å². The van der Waals surface area contributed by atoms with E-state index in [4.69, 9.17) is 22.1 Å². The minimum absolute atomic E-state index is 0.154. The average molecular weight is 557 g/mol. The first-order valence-electron chi connectivity index (χ1n) is 11.4. The monoisotopic (exact) mass is 556 g/mol. The van der Waals surface area contributed by atoms with Gasteiger partial charge in [-0.05, 0) is 53.9 Å². The Kier molecular flexibility index (Phi) is 8.53.